The molecule has 0 spiro atoms. The maximum atomic E-state index is 12.6. The minimum Gasteiger partial charge on any atom is -0.353 e. The number of aryl methyl sites for hydroxylation is 3. The molecule has 4 nitrogen and oxygen atoms in total. The molecule has 0 aliphatic carbocycles. The Labute approximate surface area is 144 Å². The minimum atomic E-state index is 0.126. The summed E-state index contributed by atoms with van der Waals surface area (Å²) in [6.07, 6.45) is 2.97. The first kappa shape index (κ1) is 16.5. The molecule has 1 aliphatic heterocycles. The largest absolute Gasteiger partial charge is 0.353 e. The van der Waals surface area contributed by atoms with E-state index in [0.29, 0.717) is 0 Å². The summed E-state index contributed by atoms with van der Waals surface area (Å²) in [5.41, 5.74) is 4.43. The number of aromatic nitrogens is 1. The van der Waals surface area contributed by atoms with Crippen molar-refractivity contribution in [2.45, 2.75) is 27.2 Å². The maximum Gasteiger partial charge on any atom is 0.253 e. The van der Waals surface area contributed by atoms with E-state index >= 15 is 0 Å². The van der Waals surface area contributed by atoms with Crippen molar-refractivity contribution in [3.8, 4) is 0 Å². The zero-order valence-corrected chi connectivity index (χ0v) is 14.7. The molecule has 4 heteroatoms. The van der Waals surface area contributed by atoms with Gasteiger partial charge in [0.15, 0.2) is 0 Å². The topological polar surface area (TPSA) is 36.4 Å². The van der Waals surface area contributed by atoms with Gasteiger partial charge in [-0.05, 0) is 43.5 Å². The second kappa shape index (κ2) is 7.04. The number of hydrogen-bond donors (Lipinski definition) is 0. The molecular weight excluding hydrogens is 298 g/mol. The first-order valence-corrected chi connectivity index (χ1v) is 8.65. The number of anilines is 1. The molecule has 0 saturated carbocycles. The van der Waals surface area contributed by atoms with Crippen molar-refractivity contribution < 1.29 is 4.79 Å². The first-order valence-electron chi connectivity index (χ1n) is 8.65. The van der Waals surface area contributed by atoms with Crippen LogP contribution in [0.4, 0.5) is 5.82 Å². The second-order valence-electron chi connectivity index (χ2n) is 6.48. The summed E-state index contributed by atoms with van der Waals surface area (Å²) in [6, 6.07) is 10.0. The van der Waals surface area contributed by atoms with Crippen LogP contribution in [0.25, 0.3) is 0 Å². The number of piperazine rings is 1. The van der Waals surface area contributed by atoms with Crippen molar-refractivity contribution in [3.05, 3.63) is 58.8 Å². The molecule has 126 valence electrons. The van der Waals surface area contributed by atoms with Crippen LogP contribution in [0.2, 0.25) is 0 Å². The summed E-state index contributed by atoms with van der Waals surface area (Å²) < 4.78 is 0. The average Bonchev–Trinajstić information content (AvgIpc) is 2.62. The van der Waals surface area contributed by atoms with Crippen LogP contribution in [0.15, 0.2) is 36.5 Å². The molecule has 0 bridgehead atoms. The van der Waals surface area contributed by atoms with Crippen molar-refractivity contribution in [1.82, 2.24) is 9.88 Å². The summed E-state index contributed by atoms with van der Waals surface area (Å²) in [4.78, 5) is 21.5. The molecule has 1 amide bonds. The number of pyridine rings is 1. The molecule has 0 radical (unpaired) electrons. The van der Waals surface area contributed by atoms with Gasteiger partial charge in [-0.1, -0.05) is 30.7 Å². The summed E-state index contributed by atoms with van der Waals surface area (Å²) in [6.45, 7) is 9.43. The van der Waals surface area contributed by atoms with Crippen LogP contribution in [-0.4, -0.2) is 42.0 Å². The number of carbonyl (C=O) groups is 1. The number of amides is 1. The van der Waals surface area contributed by atoms with Gasteiger partial charge in [-0.2, -0.15) is 0 Å². The van der Waals surface area contributed by atoms with Gasteiger partial charge in [0, 0.05) is 37.9 Å². The second-order valence-corrected chi connectivity index (χ2v) is 6.48. The Hall–Kier alpha value is -2.36. The maximum absolute atomic E-state index is 12.6. The lowest BCUT2D eigenvalue weighted by Crippen LogP contribution is -2.49. The highest BCUT2D eigenvalue weighted by atomic mass is 16.2. The van der Waals surface area contributed by atoms with Crippen LogP contribution in [0.1, 0.15) is 34.0 Å². The normalized spacial score (nSPS) is 14.8. The van der Waals surface area contributed by atoms with Crippen molar-refractivity contribution in [1.29, 1.82) is 0 Å². The predicted molar refractivity (Wildman–Crippen MR) is 97.6 cm³/mol. The number of nitrogens with zero attached hydrogens (tertiary/aromatic N) is 3. The third kappa shape index (κ3) is 3.42. The van der Waals surface area contributed by atoms with E-state index in [4.69, 9.17) is 0 Å². The van der Waals surface area contributed by atoms with E-state index in [1.807, 2.05) is 42.3 Å². The van der Waals surface area contributed by atoms with E-state index in [2.05, 4.69) is 29.8 Å². The quantitative estimate of drug-likeness (QED) is 0.870. The van der Waals surface area contributed by atoms with Crippen LogP contribution in [0.3, 0.4) is 0 Å². The smallest absolute Gasteiger partial charge is 0.253 e. The molecule has 0 N–H and O–H groups in total. The van der Waals surface area contributed by atoms with Crippen LogP contribution < -0.4 is 4.90 Å². The van der Waals surface area contributed by atoms with E-state index in [0.717, 1.165) is 44.0 Å². The Balaban J connectivity index is 1.65. The van der Waals surface area contributed by atoms with Gasteiger partial charge < -0.3 is 9.80 Å². The van der Waals surface area contributed by atoms with Crippen LogP contribution >= 0.6 is 0 Å². The molecule has 0 atom stereocenters. The molecule has 1 aromatic heterocycles. The predicted octanol–water partition coefficient (Wildman–Crippen LogP) is 3.22. The highest BCUT2D eigenvalue weighted by molar-refractivity contribution is 5.94. The van der Waals surface area contributed by atoms with Gasteiger partial charge in [0.2, 0.25) is 0 Å². The fraction of sp³-hybridized carbons (Fsp3) is 0.400. The standard InChI is InChI=1S/C20H25N3O/c1-4-17-13-16(3)19(21-14-17)22-9-11-23(12-10-22)20(24)18-7-5-15(2)6-8-18/h5-8,13-14H,4,9-12H2,1-3H3. The van der Waals surface area contributed by atoms with Crippen molar-refractivity contribution in [3.63, 3.8) is 0 Å². The van der Waals surface area contributed by atoms with Gasteiger partial charge in [0.1, 0.15) is 5.82 Å². The lowest BCUT2D eigenvalue weighted by molar-refractivity contribution is 0.0746. The molecule has 1 aliphatic rings. The zero-order valence-electron chi connectivity index (χ0n) is 14.7. The van der Waals surface area contributed by atoms with Crippen LogP contribution in [0, 0.1) is 13.8 Å². The summed E-state index contributed by atoms with van der Waals surface area (Å²) in [5.74, 6) is 1.18. The molecule has 2 aromatic rings. The molecule has 1 aromatic carbocycles. The van der Waals surface area contributed by atoms with Crippen molar-refractivity contribution in [2.75, 3.05) is 31.1 Å². The molecule has 3 rings (SSSR count). The summed E-state index contributed by atoms with van der Waals surface area (Å²) in [7, 11) is 0. The number of benzene rings is 1. The van der Waals surface area contributed by atoms with E-state index in [-0.39, 0.29) is 5.91 Å². The summed E-state index contributed by atoms with van der Waals surface area (Å²) in [5, 5.41) is 0. The van der Waals surface area contributed by atoms with Gasteiger partial charge in [-0.15, -0.1) is 0 Å². The third-order valence-electron chi connectivity index (χ3n) is 4.68. The monoisotopic (exact) mass is 323 g/mol. The van der Waals surface area contributed by atoms with E-state index in [1.54, 1.807) is 0 Å². The van der Waals surface area contributed by atoms with Gasteiger partial charge in [0.25, 0.3) is 5.91 Å². The van der Waals surface area contributed by atoms with Crippen molar-refractivity contribution in [2.24, 2.45) is 0 Å². The van der Waals surface area contributed by atoms with Gasteiger partial charge >= 0.3 is 0 Å². The Morgan fingerprint density at radius 2 is 1.75 bits per heavy atom. The number of rotatable bonds is 3. The van der Waals surface area contributed by atoms with E-state index in [9.17, 15) is 4.79 Å². The molecule has 0 unspecified atom stereocenters. The molecule has 1 saturated heterocycles. The van der Waals surface area contributed by atoms with Gasteiger partial charge in [-0.25, -0.2) is 4.98 Å². The zero-order chi connectivity index (χ0) is 17.1. The Kier molecular flexibility index (Phi) is 4.84. The SMILES string of the molecule is CCc1cnc(N2CCN(C(=O)c3ccc(C)cc3)CC2)c(C)c1. The Morgan fingerprint density at radius 1 is 1.08 bits per heavy atom. The first-order chi connectivity index (χ1) is 11.6. The van der Waals surface area contributed by atoms with Gasteiger partial charge in [0.05, 0.1) is 0 Å². The average molecular weight is 323 g/mol. The number of carbonyl (C=O) groups excluding carboxylic acids is 1. The van der Waals surface area contributed by atoms with Gasteiger partial charge in [-0.3, -0.25) is 4.79 Å². The molecular formula is C20H25N3O. The third-order valence-corrected chi connectivity index (χ3v) is 4.68. The van der Waals surface area contributed by atoms with Crippen LogP contribution in [0.5, 0.6) is 0 Å². The molecule has 24 heavy (non-hydrogen) atoms. The highest BCUT2D eigenvalue weighted by Crippen LogP contribution is 2.20. The lowest BCUT2D eigenvalue weighted by Gasteiger charge is -2.36. The lowest BCUT2D eigenvalue weighted by atomic mass is 10.1. The van der Waals surface area contributed by atoms with E-state index in [1.165, 1.54) is 16.7 Å². The highest BCUT2D eigenvalue weighted by Gasteiger charge is 2.23. The van der Waals surface area contributed by atoms with E-state index < -0.39 is 0 Å². The fourth-order valence-electron chi connectivity index (χ4n) is 3.15. The Bertz CT molecular complexity index is 716. The summed E-state index contributed by atoms with van der Waals surface area (Å²) >= 11 is 0. The van der Waals surface area contributed by atoms with Crippen LogP contribution in [-0.2, 0) is 6.42 Å². The Morgan fingerprint density at radius 3 is 2.33 bits per heavy atom. The number of hydrogen-bond acceptors (Lipinski definition) is 3. The fourth-order valence-corrected chi connectivity index (χ4v) is 3.15. The van der Waals surface area contributed by atoms with Crippen molar-refractivity contribution >= 4 is 11.7 Å². The molecule has 2 heterocycles. The molecule has 1 fully saturated rings. The minimum absolute atomic E-state index is 0.126.